The summed E-state index contributed by atoms with van der Waals surface area (Å²) in [5, 5.41) is 0. The Morgan fingerprint density at radius 2 is 2.00 bits per heavy atom. The highest BCUT2D eigenvalue weighted by atomic mass is 19.1. The summed E-state index contributed by atoms with van der Waals surface area (Å²) in [6.07, 6.45) is 5.74. The van der Waals surface area contributed by atoms with Gasteiger partial charge in [0.05, 0.1) is 0 Å². The molecule has 1 aromatic carbocycles. The molecule has 0 radical (unpaired) electrons. The van der Waals surface area contributed by atoms with E-state index in [1.807, 2.05) is 39.0 Å². The standard InChI is InChI=1S/C14H19F/c1-5-7-12-9-10(3)13(8-6-2)11(4)14(12)15/h6,8-9H,5,7H2,1-4H3. The van der Waals surface area contributed by atoms with Gasteiger partial charge in [-0.05, 0) is 49.4 Å². The summed E-state index contributed by atoms with van der Waals surface area (Å²) in [6.45, 7) is 7.93. The van der Waals surface area contributed by atoms with Gasteiger partial charge in [0.15, 0.2) is 0 Å². The van der Waals surface area contributed by atoms with Crippen LogP contribution in [0.1, 0.15) is 42.5 Å². The predicted octanol–water partition coefficient (Wildman–Crippen LogP) is 4.43. The number of rotatable bonds is 3. The minimum Gasteiger partial charge on any atom is -0.206 e. The van der Waals surface area contributed by atoms with Crippen LogP contribution in [0.2, 0.25) is 0 Å². The number of halogens is 1. The molecule has 0 aliphatic heterocycles. The van der Waals surface area contributed by atoms with Crippen LogP contribution in [0.4, 0.5) is 4.39 Å². The molecule has 0 amide bonds. The molecule has 0 fully saturated rings. The highest BCUT2D eigenvalue weighted by Gasteiger charge is 2.10. The van der Waals surface area contributed by atoms with Crippen LogP contribution < -0.4 is 0 Å². The number of hydrogen-bond acceptors (Lipinski definition) is 0. The van der Waals surface area contributed by atoms with E-state index in [0.717, 1.165) is 35.1 Å². The van der Waals surface area contributed by atoms with Crippen LogP contribution in [-0.2, 0) is 6.42 Å². The van der Waals surface area contributed by atoms with Crippen LogP contribution in [0.25, 0.3) is 6.08 Å². The summed E-state index contributed by atoms with van der Waals surface area (Å²) in [5.41, 5.74) is 3.81. The first-order valence-electron chi connectivity index (χ1n) is 5.53. The Hall–Kier alpha value is -1.11. The van der Waals surface area contributed by atoms with Crippen molar-refractivity contribution in [3.05, 3.63) is 40.2 Å². The molecule has 1 heteroatoms. The smallest absolute Gasteiger partial charge is 0.129 e. The van der Waals surface area contributed by atoms with Crippen molar-refractivity contribution < 1.29 is 4.39 Å². The van der Waals surface area contributed by atoms with Crippen LogP contribution in [0.5, 0.6) is 0 Å². The topological polar surface area (TPSA) is 0 Å². The van der Waals surface area contributed by atoms with E-state index in [-0.39, 0.29) is 5.82 Å². The lowest BCUT2D eigenvalue weighted by molar-refractivity contribution is 0.597. The van der Waals surface area contributed by atoms with Crippen molar-refractivity contribution in [3.8, 4) is 0 Å². The largest absolute Gasteiger partial charge is 0.206 e. The van der Waals surface area contributed by atoms with Crippen LogP contribution in [0.3, 0.4) is 0 Å². The Balaban J connectivity index is 3.30. The van der Waals surface area contributed by atoms with Crippen molar-refractivity contribution in [2.75, 3.05) is 0 Å². The van der Waals surface area contributed by atoms with E-state index < -0.39 is 0 Å². The Morgan fingerprint density at radius 3 is 2.53 bits per heavy atom. The lowest BCUT2D eigenvalue weighted by Crippen LogP contribution is -1.98. The zero-order valence-electron chi connectivity index (χ0n) is 10.0. The van der Waals surface area contributed by atoms with Crippen LogP contribution in [0.15, 0.2) is 12.1 Å². The third-order valence-corrected chi connectivity index (χ3v) is 2.68. The normalized spacial score (nSPS) is 11.3. The molecule has 0 aliphatic rings. The molecule has 0 aromatic heterocycles. The Morgan fingerprint density at radius 1 is 1.33 bits per heavy atom. The first-order chi connectivity index (χ1) is 7.11. The van der Waals surface area contributed by atoms with Crippen LogP contribution in [-0.4, -0.2) is 0 Å². The molecule has 0 bridgehead atoms. The zero-order valence-corrected chi connectivity index (χ0v) is 10.0. The lowest BCUT2D eigenvalue weighted by Gasteiger charge is -2.11. The summed E-state index contributed by atoms with van der Waals surface area (Å²) in [7, 11) is 0. The monoisotopic (exact) mass is 206 g/mol. The van der Waals surface area contributed by atoms with Crippen molar-refractivity contribution in [2.45, 2.75) is 40.5 Å². The minimum absolute atomic E-state index is 0.0319. The van der Waals surface area contributed by atoms with Crippen LogP contribution >= 0.6 is 0 Å². The Labute approximate surface area is 91.8 Å². The van der Waals surface area contributed by atoms with Gasteiger partial charge in [0.2, 0.25) is 0 Å². The molecule has 0 unspecified atom stereocenters. The van der Waals surface area contributed by atoms with Gasteiger partial charge in [0.1, 0.15) is 5.82 Å². The van der Waals surface area contributed by atoms with E-state index in [0.29, 0.717) is 0 Å². The van der Waals surface area contributed by atoms with E-state index in [9.17, 15) is 4.39 Å². The fraction of sp³-hybridized carbons (Fsp3) is 0.429. The fourth-order valence-corrected chi connectivity index (χ4v) is 1.93. The van der Waals surface area contributed by atoms with Crippen molar-refractivity contribution in [3.63, 3.8) is 0 Å². The third-order valence-electron chi connectivity index (χ3n) is 2.68. The number of benzene rings is 1. The van der Waals surface area contributed by atoms with Gasteiger partial charge >= 0.3 is 0 Å². The molecule has 0 heterocycles. The first-order valence-corrected chi connectivity index (χ1v) is 5.53. The van der Waals surface area contributed by atoms with E-state index in [1.54, 1.807) is 0 Å². The average molecular weight is 206 g/mol. The van der Waals surface area contributed by atoms with E-state index >= 15 is 0 Å². The van der Waals surface area contributed by atoms with Crippen molar-refractivity contribution in [2.24, 2.45) is 0 Å². The van der Waals surface area contributed by atoms with E-state index in [1.165, 1.54) is 0 Å². The third kappa shape index (κ3) is 2.47. The summed E-state index contributed by atoms with van der Waals surface area (Å²) in [6, 6.07) is 1.97. The molecular formula is C14H19F. The molecule has 0 N–H and O–H groups in total. The molecule has 0 nitrogen and oxygen atoms in total. The maximum absolute atomic E-state index is 13.9. The second-order valence-electron chi connectivity index (χ2n) is 3.96. The molecule has 1 rings (SSSR count). The second-order valence-corrected chi connectivity index (χ2v) is 3.96. The highest BCUT2D eigenvalue weighted by Crippen LogP contribution is 2.23. The van der Waals surface area contributed by atoms with Gasteiger partial charge in [-0.25, -0.2) is 4.39 Å². The molecule has 1 aromatic rings. The lowest BCUT2D eigenvalue weighted by atomic mass is 9.96. The second kappa shape index (κ2) is 5.11. The van der Waals surface area contributed by atoms with Crippen molar-refractivity contribution >= 4 is 6.08 Å². The molecule has 0 saturated heterocycles. The molecule has 15 heavy (non-hydrogen) atoms. The number of allylic oxidation sites excluding steroid dienone is 1. The minimum atomic E-state index is -0.0319. The molecule has 0 aliphatic carbocycles. The van der Waals surface area contributed by atoms with E-state index in [2.05, 4.69) is 6.92 Å². The average Bonchev–Trinajstić information content (AvgIpc) is 2.21. The molecule has 0 saturated carbocycles. The summed E-state index contributed by atoms with van der Waals surface area (Å²) in [4.78, 5) is 0. The molecule has 0 atom stereocenters. The quantitative estimate of drug-likeness (QED) is 0.686. The summed E-state index contributed by atoms with van der Waals surface area (Å²) < 4.78 is 13.9. The Kier molecular flexibility index (Phi) is 4.07. The highest BCUT2D eigenvalue weighted by molar-refractivity contribution is 5.58. The van der Waals surface area contributed by atoms with Crippen molar-refractivity contribution in [1.82, 2.24) is 0 Å². The Bertz CT molecular complexity index is 375. The fourth-order valence-electron chi connectivity index (χ4n) is 1.93. The van der Waals surface area contributed by atoms with E-state index in [4.69, 9.17) is 0 Å². The van der Waals surface area contributed by atoms with Gasteiger partial charge in [-0.1, -0.05) is 31.6 Å². The van der Waals surface area contributed by atoms with Gasteiger partial charge in [-0.3, -0.25) is 0 Å². The number of hydrogen-bond donors (Lipinski definition) is 0. The van der Waals surface area contributed by atoms with Crippen molar-refractivity contribution in [1.29, 1.82) is 0 Å². The molecule has 0 spiro atoms. The predicted molar refractivity (Wildman–Crippen MR) is 64.6 cm³/mol. The summed E-state index contributed by atoms with van der Waals surface area (Å²) >= 11 is 0. The zero-order chi connectivity index (χ0) is 11.4. The SMILES string of the molecule is CC=Cc1c(C)cc(CCC)c(F)c1C. The maximum atomic E-state index is 13.9. The van der Waals surface area contributed by atoms with Gasteiger partial charge in [0, 0.05) is 0 Å². The van der Waals surface area contributed by atoms with Gasteiger partial charge in [-0.15, -0.1) is 0 Å². The summed E-state index contributed by atoms with van der Waals surface area (Å²) in [5.74, 6) is -0.0319. The van der Waals surface area contributed by atoms with Gasteiger partial charge in [0.25, 0.3) is 0 Å². The first kappa shape index (κ1) is 12.0. The van der Waals surface area contributed by atoms with Gasteiger partial charge < -0.3 is 0 Å². The van der Waals surface area contributed by atoms with Crippen LogP contribution in [0, 0.1) is 19.7 Å². The maximum Gasteiger partial charge on any atom is 0.129 e. The number of aryl methyl sites for hydroxylation is 2. The molecule has 82 valence electrons. The van der Waals surface area contributed by atoms with Gasteiger partial charge in [-0.2, -0.15) is 0 Å². The molecular weight excluding hydrogens is 187 g/mol.